The Balaban J connectivity index is 1.90. The Morgan fingerprint density at radius 2 is 1.30 bits per heavy atom. The molecule has 0 saturated heterocycles. The number of hydrogen-bond donors (Lipinski definition) is 0. The second-order valence-electron chi connectivity index (χ2n) is 9.85. The fourth-order valence-electron chi connectivity index (χ4n) is 5.30. The molecule has 3 aromatic carbocycles. The van der Waals surface area contributed by atoms with Crippen molar-refractivity contribution >= 4 is 10.8 Å². The van der Waals surface area contributed by atoms with Gasteiger partial charge in [-0.25, -0.2) is 4.57 Å². The molecule has 1 heterocycles. The maximum absolute atomic E-state index is 2.43. The smallest absolute Gasteiger partial charge is 0.201 e. The summed E-state index contributed by atoms with van der Waals surface area (Å²) in [6.45, 7) is 11.9. The predicted molar refractivity (Wildman–Crippen MR) is 127 cm³/mol. The zero-order chi connectivity index (χ0) is 21.3. The highest BCUT2D eigenvalue weighted by Crippen LogP contribution is 2.56. The Bertz CT molecular complexity index is 1310. The van der Waals surface area contributed by atoms with Crippen molar-refractivity contribution in [2.45, 2.75) is 45.4 Å². The second-order valence-corrected chi connectivity index (χ2v) is 9.85. The second kappa shape index (κ2) is 6.28. The number of pyridine rings is 1. The predicted octanol–water partition coefficient (Wildman–Crippen LogP) is 6.88. The molecule has 0 fully saturated rings. The van der Waals surface area contributed by atoms with Gasteiger partial charge in [-0.2, -0.15) is 0 Å². The van der Waals surface area contributed by atoms with Crippen LogP contribution in [-0.2, 0) is 17.9 Å². The molecule has 0 radical (unpaired) electrons. The molecule has 150 valence electrons. The first-order valence-electron chi connectivity index (χ1n) is 10.9. The molecule has 5 rings (SSSR count). The summed E-state index contributed by atoms with van der Waals surface area (Å²) in [5.41, 5.74) is 9.72. The quantitative estimate of drug-likeness (QED) is 0.311. The van der Waals surface area contributed by atoms with E-state index in [-0.39, 0.29) is 10.8 Å². The van der Waals surface area contributed by atoms with E-state index in [1.807, 2.05) is 0 Å². The van der Waals surface area contributed by atoms with Gasteiger partial charge in [0.15, 0.2) is 6.20 Å². The number of benzene rings is 3. The highest BCUT2D eigenvalue weighted by molar-refractivity contribution is 5.94. The van der Waals surface area contributed by atoms with Gasteiger partial charge in [0, 0.05) is 17.7 Å². The first kappa shape index (κ1) is 19.1. The Morgan fingerprint density at radius 1 is 0.667 bits per heavy atom. The minimum Gasteiger partial charge on any atom is -0.201 e. The summed E-state index contributed by atoms with van der Waals surface area (Å²) in [5.74, 6) is 0. The van der Waals surface area contributed by atoms with Crippen LogP contribution in [-0.4, -0.2) is 0 Å². The maximum Gasteiger partial charge on any atom is 0.212 e. The van der Waals surface area contributed by atoms with Crippen LogP contribution in [0.25, 0.3) is 33.2 Å². The zero-order valence-corrected chi connectivity index (χ0v) is 18.9. The number of aryl methyl sites for hydroxylation is 1. The molecule has 1 nitrogen and oxygen atoms in total. The van der Waals surface area contributed by atoms with Gasteiger partial charge >= 0.3 is 0 Å². The van der Waals surface area contributed by atoms with Gasteiger partial charge in [0.2, 0.25) is 5.69 Å². The van der Waals surface area contributed by atoms with Gasteiger partial charge in [0.1, 0.15) is 7.05 Å². The van der Waals surface area contributed by atoms with Crippen molar-refractivity contribution in [3.63, 3.8) is 0 Å². The molecule has 0 spiro atoms. The highest BCUT2D eigenvalue weighted by Gasteiger charge is 2.46. The first-order chi connectivity index (χ1) is 14.2. The zero-order valence-electron chi connectivity index (χ0n) is 18.9. The van der Waals surface area contributed by atoms with E-state index in [0.29, 0.717) is 0 Å². The number of hydrogen-bond acceptors (Lipinski definition) is 0. The Hall–Kier alpha value is -2.93. The lowest BCUT2D eigenvalue weighted by atomic mass is 9.54. The molecule has 0 atom stereocenters. The van der Waals surface area contributed by atoms with E-state index >= 15 is 0 Å². The van der Waals surface area contributed by atoms with Gasteiger partial charge in [-0.05, 0) is 80.6 Å². The molecule has 0 N–H and O–H groups in total. The third kappa shape index (κ3) is 2.45. The Labute approximate surface area is 180 Å². The molecule has 0 aliphatic heterocycles. The van der Waals surface area contributed by atoms with Crippen molar-refractivity contribution in [2.75, 3.05) is 0 Å². The third-order valence-corrected chi connectivity index (χ3v) is 7.86. The summed E-state index contributed by atoms with van der Waals surface area (Å²) >= 11 is 0. The van der Waals surface area contributed by atoms with E-state index in [1.165, 1.54) is 49.8 Å². The van der Waals surface area contributed by atoms with Crippen molar-refractivity contribution in [2.24, 2.45) is 7.05 Å². The van der Waals surface area contributed by atoms with Gasteiger partial charge in [-0.1, -0.05) is 58.0 Å². The Kier molecular flexibility index (Phi) is 3.99. The molecule has 0 bridgehead atoms. The van der Waals surface area contributed by atoms with Crippen LogP contribution in [0.5, 0.6) is 0 Å². The lowest BCUT2D eigenvalue weighted by Gasteiger charge is -2.49. The third-order valence-electron chi connectivity index (χ3n) is 7.86. The number of aromatic nitrogens is 1. The average Bonchev–Trinajstić information content (AvgIpc) is 2.72. The number of nitrogens with zero attached hydrogens (tertiary/aromatic N) is 1. The molecule has 4 aromatic rings. The molecule has 1 aliphatic rings. The van der Waals surface area contributed by atoms with Crippen molar-refractivity contribution in [3.8, 4) is 22.4 Å². The molecule has 1 aliphatic carbocycles. The summed E-state index contributed by atoms with van der Waals surface area (Å²) < 4.78 is 2.22. The van der Waals surface area contributed by atoms with Gasteiger partial charge < -0.3 is 0 Å². The van der Waals surface area contributed by atoms with Crippen LogP contribution in [0.3, 0.4) is 0 Å². The van der Waals surface area contributed by atoms with Gasteiger partial charge in [-0.15, -0.1) is 0 Å². The lowest BCUT2D eigenvalue weighted by Crippen LogP contribution is -2.43. The number of fused-ring (bicyclic) bond motifs is 4. The minimum atomic E-state index is 0.0277. The van der Waals surface area contributed by atoms with E-state index in [2.05, 4.69) is 119 Å². The van der Waals surface area contributed by atoms with Gasteiger partial charge in [0.25, 0.3) is 0 Å². The monoisotopic (exact) mass is 392 g/mol. The number of rotatable bonds is 1. The summed E-state index contributed by atoms with van der Waals surface area (Å²) in [4.78, 5) is 0. The van der Waals surface area contributed by atoms with E-state index in [1.54, 1.807) is 0 Å². The Morgan fingerprint density at radius 3 is 2.00 bits per heavy atom. The van der Waals surface area contributed by atoms with Crippen LogP contribution >= 0.6 is 0 Å². The van der Waals surface area contributed by atoms with E-state index in [4.69, 9.17) is 0 Å². The summed E-state index contributed by atoms with van der Waals surface area (Å²) in [6, 6.07) is 24.7. The van der Waals surface area contributed by atoms with Crippen LogP contribution < -0.4 is 4.57 Å². The molecule has 0 unspecified atom stereocenters. The van der Waals surface area contributed by atoms with Crippen molar-refractivity contribution in [3.05, 3.63) is 89.6 Å². The van der Waals surface area contributed by atoms with E-state index in [9.17, 15) is 0 Å². The standard InChI is InChI=1S/C29H30N/c1-19-22(26-13-9-10-16-30(26)6)14-15-24-27(19)23-17-20-11-7-8-12-21(20)18-25(23)29(4,5)28(24,2)3/h7-18H,1-6H3/q+1. The molecular weight excluding hydrogens is 362 g/mol. The van der Waals surface area contributed by atoms with Crippen LogP contribution in [0.2, 0.25) is 0 Å². The van der Waals surface area contributed by atoms with E-state index in [0.717, 1.165) is 0 Å². The van der Waals surface area contributed by atoms with Crippen molar-refractivity contribution in [1.29, 1.82) is 0 Å². The van der Waals surface area contributed by atoms with Gasteiger partial charge in [-0.3, -0.25) is 0 Å². The highest BCUT2D eigenvalue weighted by atomic mass is 14.9. The lowest BCUT2D eigenvalue weighted by molar-refractivity contribution is -0.660. The fraction of sp³-hybridized carbons (Fsp3) is 0.276. The van der Waals surface area contributed by atoms with Crippen molar-refractivity contribution in [1.82, 2.24) is 0 Å². The molecule has 0 amide bonds. The minimum absolute atomic E-state index is 0.0277. The van der Waals surface area contributed by atoms with Crippen LogP contribution in [0.4, 0.5) is 0 Å². The molecular formula is C29H30N+. The van der Waals surface area contributed by atoms with Crippen LogP contribution in [0, 0.1) is 6.92 Å². The largest absolute Gasteiger partial charge is 0.212 e. The molecule has 30 heavy (non-hydrogen) atoms. The topological polar surface area (TPSA) is 3.88 Å². The molecule has 0 saturated carbocycles. The normalized spacial score (nSPS) is 16.2. The summed E-state index contributed by atoms with van der Waals surface area (Å²) in [7, 11) is 2.13. The van der Waals surface area contributed by atoms with Crippen LogP contribution in [0.15, 0.2) is 72.9 Å². The molecule has 1 aromatic heterocycles. The van der Waals surface area contributed by atoms with E-state index < -0.39 is 0 Å². The van der Waals surface area contributed by atoms with Crippen LogP contribution in [0.1, 0.15) is 44.4 Å². The first-order valence-corrected chi connectivity index (χ1v) is 10.9. The maximum atomic E-state index is 2.43. The van der Waals surface area contributed by atoms with Crippen molar-refractivity contribution < 1.29 is 4.57 Å². The average molecular weight is 393 g/mol. The van der Waals surface area contributed by atoms with Gasteiger partial charge in [0.05, 0.1) is 0 Å². The summed E-state index contributed by atoms with van der Waals surface area (Å²) in [6.07, 6.45) is 2.13. The SMILES string of the molecule is Cc1c(-c2cccc[n+]2C)ccc2c1-c1cc3ccccc3cc1C(C)(C)C2(C)C. The molecule has 1 heteroatoms. The summed E-state index contributed by atoms with van der Waals surface area (Å²) in [5, 5.41) is 2.64. The fourth-order valence-corrected chi connectivity index (χ4v) is 5.30.